The molecule has 8 heteroatoms. The van der Waals surface area contributed by atoms with Crippen LogP contribution in [0.3, 0.4) is 0 Å². The Labute approximate surface area is 119 Å². The van der Waals surface area contributed by atoms with Gasteiger partial charge in [0, 0.05) is 23.3 Å². The molecule has 0 unspecified atom stereocenters. The maximum Gasteiger partial charge on any atom is 0.246 e. The molecule has 1 aromatic rings. The minimum absolute atomic E-state index is 0.0288. The molecule has 0 aliphatic carbocycles. The van der Waals surface area contributed by atoms with Crippen LogP contribution in [0.25, 0.3) is 0 Å². The molecule has 5 nitrogen and oxygen atoms in total. The Morgan fingerprint density at radius 1 is 1.61 bits per heavy atom. The zero-order valence-corrected chi connectivity index (χ0v) is 12.5. The Morgan fingerprint density at radius 2 is 2.33 bits per heavy atom. The van der Waals surface area contributed by atoms with Crippen molar-refractivity contribution in [1.82, 2.24) is 9.29 Å². The fourth-order valence-corrected chi connectivity index (χ4v) is 4.63. The van der Waals surface area contributed by atoms with Gasteiger partial charge in [-0.1, -0.05) is 11.6 Å². The highest BCUT2D eigenvalue weighted by Gasteiger charge is 2.36. The molecular formula is C10H12BrClN2O3S. The van der Waals surface area contributed by atoms with E-state index in [1.54, 1.807) is 0 Å². The molecular weight excluding hydrogens is 344 g/mol. The zero-order chi connectivity index (χ0) is 13.3. The second kappa shape index (κ2) is 5.42. The van der Waals surface area contributed by atoms with E-state index in [4.69, 9.17) is 11.6 Å². The van der Waals surface area contributed by atoms with Gasteiger partial charge in [-0.25, -0.2) is 13.4 Å². The molecule has 1 aromatic heterocycles. The standard InChI is InChI=1S/C10H12BrClN2O3S/c11-7-4-9(10(12)13-5-7)18(16,17)14-3-1-2-8(14)6-15/h4-5,8,15H,1-3,6H2/t8-/m1/s1. The summed E-state index contributed by atoms with van der Waals surface area (Å²) in [5, 5.41) is 9.15. The van der Waals surface area contributed by atoms with Crippen LogP contribution in [0.4, 0.5) is 0 Å². The number of hydrogen-bond acceptors (Lipinski definition) is 4. The Hall–Kier alpha value is -0.210. The molecule has 2 rings (SSSR count). The summed E-state index contributed by atoms with van der Waals surface area (Å²) in [6.45, 7) is 0.217. The predicted molar refractivity (Wildman–Crippen MR) is 70.9 cm³/mol. The first kappa shape index (κ1) is 14.2. The topological polar surface area (TPSA) is 70.5 Å². The van der Waals surface area contributed by atoms with Crippen molar-refractivity contribution in [3.05, 3.63) is 21.9 Å². The van der Waals surface area contributed by atoms with E-state index < -0.39 is 10.0 Å². The smallest absolute Gasteiger partial charge is 0.246 e. The third-order valence-corrected chi connectivity index (χ3v) is 5.71. The van der Waals surface area contributed by atoms with Crippen LogP contribution in [0.1, 0.15) is 12.8 Å². The molecule has 1 atom stereocenters. The number of aliphatic hydroxyl groups excluding tert-OH is 1. The van der Waals surface area contributed by atoms with Crippen molar-refractivity contribution in [1.29, 1.82) is 0 Å². The van der Waals surface area contributed by atoms with Gasteiger partial charge in [-0.05, 0) is 34.8 Å². The molecule has 1 N–H and O–H groups in total. The molecule has 100 valence electrons. The van der Waals surface area contributed by atoms with E-state index in [-0.39, 0.29) is 22.7 Å². The van der Waals surface area contributed by atoms with E-state index in [9.17, 15) is 13.5 Å². The molecule has 0 aromatic carbocycles. The number of nitrogens with zero attached hydrogens (tertiary/aromatic N) is 2. The summed E-state index contributed by atoms with van der Waals surface area (Å²) in [4.78, 5) is 3.79. The lowest BCUT2D eigenvalue weighted by atomic mass is 10.2. The first-order valence-electron chi connectivity index (χ1n) is 5.40. The van der Waals surface area contributed by atoms with E-state index in [0.29, 0.717) is 17.4 Å². The summed E-state index contributed by atoms with van der Waals surface area (Å²) in [5.74, 6) is 0. The normalized spacial score (nSPS) is 21.4. The number of pyridine rings is 1. The molecule has 18 heavy (non-hydrogen) atoms. The number of hydrogen-bond donors (Lipinski definition) is 1. The van der Waals surface area contributed by atoms with Crippen LogP contribution in [0.5, 0.6) is 0 Å². The first-order chi connectivity index (χ1) is 8.46. The average Bonchev–Trinajstić information content (AvgIpc) is 2.81. The summed E-state index contributed by atoms with van der Waals surface area (Å²) in [7, 11) is -3.70. The third kappa shape index (κ3) is 2.55. The van der Waals surface area contributed by atoms with E-state index in [1.165, 1.54) is 16.6 Å². The van der Waals surface area contributed by atoms with Crippen molar-refractivity contribution in [3.8, 4) is 0 Å². The van der Waals surface area contributed by atoms with Gasteiger partial charge in [0.15, 0.2) is 0 Å². The SMILES string of the molecule is O=S(=O)(c1cc(Br)cnc1Cl)N1CCC[C@@H]1CO. The van der Waals surface area contributed by atoms with Gasteiger partial charge in [0.1, 0.15) is 10.0 Å². The number of sulfonamides is 1. The van der Waals surface area contributed by atoms with Crippen LogP contribution >= 0.6 is 27.5 Å². The molecule has 1 fully saturated rings. The highest BCUT2D eigenvalue weighted by atomic mass is 79.9. The van der Waals surface area contributed by atoms with Crippen LogP contribution < -0.4 is 0 Å². The lowest BCUT2D eigenvalue weighted by molar-refractivity contribution is 0.213. The van der Waals surface area contributed by atoms with Gasteiger partial charge in [-0.2, -0.15) is 4.31 Å². The number of aromatic nitrogens is 1. The van der Waals surface area contributed by atoms with Crippen LogP contribution in [-0.2, 0) is 10.0 Å². The molecule has 0 saturated carbocycles. The molecule has 0 bridgehead atoms. The predicted octanol–water partition coefficient (Wildman–Crippen LogP) is 1.64. The minimum Gasteiger partial charge on any atom is -0.395 e. The van der Waals surface area contributed by atoms with Crippen molar-refractivity contribution in [3.63, 3.8) is 0 Å². The van der Waals surface area contributed by atoms with Crippen molar-refractivity contribution < 1.29 is 13.5 Å². The summed E-state index contributed by atoms with van der Waals surface area (Å²) in [5.41, 5.74) is 0. The Morgan fingerprint density at radius 3 is 3.00 bits per heavy atom. The Balaban J connectivity index is 2.45. The Kier molecular flexibility index (Phi) is 4.28. The maximum absolute atomic E-state index is 12.4. The molecule has 1 saturated heterocycles. The van der Waals surface area contributed by atoms with Crippen molar-refractivity contribution in [2.45, 2.75) is 23.8 Å². The van der Waals surface area contributed by atoms with Gasteiger partial charge in [-0.3, -0.25) is 0 Å². The van der Waals surface area contributed by atoms with E-state index >= 15 is 0 Å². The number of rotatable bonds is 3. The number of halogens is 2. The quantitative estimate of drug-likeness (QED) is 0.837. The molecule has 2 heterocycles. The maximum atomic E-state index is 12.4. The summed E-state index contributed by atoms with van der Waals surface area (Å²) in [6.07, 6.45) is 2.84. The van der Waals surface area contributed by atoms with E-state index in [1.807, 2.05) is 0 Å². The van der Waals surface area contributed by atoms with Gasteiger partial charge >= 0.3 is 0 Å². The van der Waals surface area contributed by atoms with Gasteiger partial charge in [-0.15, -0.1) is 0 Å². The van der Waals surface area contributed by atoms with Crippen molar-refractivity contribution in [2.75, 3.05) is 13.2 Å². The van der Waals surface area contributed by atoms with Crippen LogP contribution in [0.2, 0.25) is 5.15 Å². The monoisotopic (exact) mass is 354 g/mol. The lowest BCUT2D eigenvalue weighted by Gasteiger charge is -2.22. The Bertz CT molecular complexity index is 552. The van der Waals surface area contributed by atoms with Crippen LogP contribution in [-0.4, -0.2) is 42.0 Å². The fraction of sp³-hybridized carbons (Fsp3) is 0.500. The molecule has 1 aliphatic heterocycles. The molecule has 1 aliphatic rings. The third-order valence-electron chi connectivity index (χ3n) is 2.89. The van der Waals surface area contributed by atoms with E-state index in [0.717, 1.165) is 6.42 Å². The summed E-state index contributed by atoms with van der Waals surface area (Å²) in [6, 6.07) is 1.06. The van der Waals surface area contributed by atoms with Crippen molar-refractivity contribution in [2.24, 2.45) is 0 Å². The van der Waals surface area contributed by atoms with E-state index in [2.05, 4.69) is 20.9 Å². The second-order valence-corrected chi connectivity index (χ2v) is 7.17. The minimum atomic E-state index is -3.70. The summed E-state index contributed by atoms with van der Waals surface area (Å²) < 4.78 is 26.7. The highest BCUT2D eigenvalue weighted by molar-refractivity contribution is 9.10. The van der Waals surface area contributed by atoms with Gasteiger partial charge < -0.3 is 5.11 Å². The first-order valence-corrected chi connectivity index (χ1v) is 8.01. The molecule has 0 radical (unpaired) electrons. The zero-order valence-electron chi connectivity index (χ0n) is 9.38. The van der Waals surface area contributed by atoms with Crippen LogP contribution in [0, 0.1) is 0 Å². The van der Waals surface area contributed by atoms with Gasteiger partial charge in [0.25, 0.3) is 0 Å². The van der Waals surface area contributed by atoms with Gasteiger partial charge in [0.2, 0.25) is 10.0 Å². The average molecular weight is 356 g/mol. The largest absolute Gasteiger partial charge is 0.395 e. The van der Waals surface area contributed by atoms with Gasteiger partial charge in [0.05, 0.1) is 6.61 Å². The lowest BCUT2D eigenvalue weighted by Crippen LogP contribution is -2.37. The number of aliphatic hydroxyl groups is 1. The fourth-order valence-electron chi connectivity index (χ4n) is 2.02. The highest BCUT2D eigenvalue weighted by Crippen LogP contribution is 2.30. The van der Waals surface area contributed by atoms with Crippen molar-refractivity contribution >= 4 is 37.6 Å². The second-order valence-electron chi connectivity index (χ2n) is 4.04. The summed E-state index contributed by atoms with van der Waals surface area (Å²) >= 11 is 9.03. The molecule has 0 spiro atoms. The molecule has 0 amide bonds. The van der Waals surface area contributed by atoms with Crippen LogP contribution in [0.15, 0.2) is 21.6 Å².